The van der Waals surface area contributed by atoms with Crippen molar-refractivity contribution in [2.75, 3.05) is 5.73 Å². The zero-order valence-electron chi connectivity index (χ0n) is 21.0. The first-order chi connectivity index (χ1) is 17.8. The molecule has 0 radical (unpaired) electrons. The maximum atomic E-state index is 13.3. The average molecular weight is 493 g/mol. The van der Waals surface area contributed by atoms with E-state index in [1.807, 2.05) is 53.1 Å². The summed E-state index contributed by atoms with van der Waals surface area (Å²) in [6.45, 7) is 6.17. The standard InChI is InChI=1S/C22H21NO.C7H7N5O/c1-4-19-15-18-10-8-9-17(14-13-16(2)3)21(18)22(24)23(19)20-11-6-5-7-12-20;8-5-4(6(9)13)7-10-2-1-3-12(7)11-5/h5-12,15-16H,4H2,1-3H3;1-3H,(H2,8,11)(H2,9,13). The summed E-state index contributed by atoms with van der Waals surface area (Å²) in [5.41, 5.74) is 13.9. The molecule has 2 aromatic carbocycles. The maximum Gasteiger partial charge on any atom is 0.264 e. The molecule has 0 aliphatic rings. The van der Waals surface area contributed by atoms with Crippen LogP contribution in [0.4, 0.5) is 5.82 Å². The topological polar surface area (TPSA) is 121 Å². The van der Waals surface area contributed by atoms with Gasteiger partial charge in [-0.3, -0.25) is 14.2 Å². The number of primary amides is 1. The van der Waals surface area contributed by atoms with Crippen LogP contribution < -0.4 is 17.0 Å². The molecule has 3 heterocycles. The Kier molecular flexibility index (Phi) is 7.35. The van der Waals surface area contributed by atoms with Gasteiger partial charge in [0, 0.05) is 35.3 Å². The number of fused-ring (bicyclic) bond motifs is 2. The molecule has 0 saturated carbocycles. The van der Waals surface area contributed by atoms with Crippen molar-refractivity contribution >= 4 is 28.1 Å². The molecule has 0 saturated heterocycles. The van der Waals surface area contributed by atoms with Gasteiger partial charge in [0.05, 0.1) is 5.39 Å². The van der Waals surface area contributed by atoms with Crippen molar-refractivity contribution in [1.29, 1.82) is 0 Å². The van der Waals surface area contributed by atoms with E-state index in [0.717, 1.165) is 28.8 Å². The monoisotopic (exact) mass is 492 g/mol. The number of benzene rings is 2. The molecule has 4 N–H and O–H groups in total. The number of aryl methyl sites for hydroxylation is 1. The minimum Gasteiger partial charge on any atom is -0.381 e. The first kappa shape index (κ1) is 25.2. The second kappa shape index (κ2) is 10.8. The molecule has 5 rings (SSSR count). The highest BCUT2D eigenvalue weighted by atomic mass is 16.1. The Balaban J connectivity index is 0.000000207. The number of aromatic nitrogens is 4. The van der Waals surface area contributed by atoms with Gasteiger partial charge in [0.2, 0.25) is 0 Å². The lowest BCUT2D eigenvalue weighted by Gasteiger charge is -2.14. The first-order valence-corrected chi connectivity index (χ1v) is 11.9. The summed E-state index contributed by atoms with van der Waals surface area (Å²) in [5, 5.41) is 5.52. The van der Waals surface area contributed by atoms with Gasteiger partial charge in [-0.1, -0.05) is 62.9 Å². The lowest BCUT2D eigenvalue weighted by molar-refractivity contribution is 0.100. The highest BCUT2D eigenvalue weighted by Gasteiger charge is 2.15. The SMILES string of the molecule is CCc1cc2cccc(C#CC(C)C)c2c(=O)n1-c1ccccc1.NC(=O)c1c(N)nn2cccnc12. The second-order valence-electron chi connectivity index (χ2n) is 8.67. The highest BCUT2D eigenvalue weighted by Crippen LogP contribution is 2.19. The number of amides is 1. The van der Waals surface area contributed by atoms with Crippen molar-refractivity contribution in [3.05, 3.63) is 100 Å². The minimum absolute atomic E-state index is 0.00389. The van der Waals surface area contributed by atoms with Gasteiger partial charge in [0.15, 0.2) is 11.5 Å². The van der Waals surface area contributed by atoms with Crippen LogP contribution in [0.1, 0.15) is 42.4 Å². The van der Waals surface area contributed by atoms with Crippen molar-refractivity contribution in [3.8, 4) is 17.5 Å². The number of nitrogens with two attached hydrogens (primary N) is 2. The number of hydrogen-bond acceptors (Lipinski definition) is 5. The number of pyridine rings is 1. The van der Waals surface area contributed by atoms with E-state index in [4.69, 9.17) is 11.5 Å². The second-order valence-corrected chi connectivity index (χ2v) is 8.67. The van der Waals surface area contributed by atoms with Crippen molar-refractivity contribution in [2.24, 2.45) is 11.7 Å². The highest BCUT2D eigenvalue weighted by molar-refractivity contribution is 6.03. The molecule has 0 spiro atoms. The quantitative estimate of drug-likeness (QED) is 0.369. The Morgan fingerprint density at radius 2 is 1.84 bits per heavy atom. The number of hydrogen-bond donors (Lipinski definition) is 2. The Morgan fingerprint density at radius 3 is 2.51 bits per heavy atom. The van der Waals surface area contributed by atoms with Crippen LogP contribution in [0.15, 0.2) is 77.9 Å². The van der Waals surface area contributed by atoms with Crippen molar-refractivity contribution in [3.63, 3.8) is 0 Å². The van der Waals surface area contributed by atoms with Crippen LogP contribution in [0.2, 0.25) is 0 Å². The number of carbonyl (C=O) groups excluding carboxylic acids is 1. The summed E-state index contributed by atoms with van der Waals surface area (Å²) in [6.07, 6.45) is 3.98. The first-order valence-electron chi connectivity index (χ1n) is 11.9. The molecule has 0 unspecified atom stereocenters. The molecular weight excluding hydrogens is 464 g/mol. The lowest BCUT2D eigenvalue weighted by Crippen LogP contribution is -2.22. The van der Waals surface area contributed by atoms with Gasteiger partial charge in [-0.2, -0.15) is 0 Å². The van der Waals surface area contributed by atoms with Crippen LogP contribution in [-0.2, 0) is 6.42 Å². The van der Waals surface area contributed by atoms with Crippen molar-refractivity contribution < 1.29 is 4.79 Å². The number of rotatable bonds is 3. The third-order valence-corrected chi connectivity index (χ3v) is 5.66. The molecule has 8 heteroatoms. The predicted molar refractivity (Wildman–Crippen MR) is 147 cm³/mol. The van der Waals surface area contributed by atoms with Crippen LogP contribution in [0.3, 0.4) is 0 Å². The zero-order valence-corrected chi connectivity index (χ0v) is 21.0. The molecule has 37 heavy (non-hydrogen) atoms. The third kappa shape index (κ3) is 5.21. The third-order valence-electron chi connectivity index (χ3n) is 5.66. The molecule has 0 atom stereocenters. The molecule has 186 valence electrons. The molecule has 8 nitrogen and oxygen atoms in total. The molecular formula is C29H28N6O2. The molecule has 0 aliphatic heterocycles. The largest absolute Gasteiger partial charge is 0.381 e. The van der Waals surface area contributed by atoms with Gasteiger partial charge < -0.3 is 11.5 Å². The Bertz CT molecular complexity index is 1710. The van der Waals surface area contributed by atoms with E-state index in [9.17, 15) is 9.59 Å². The maximum absolute atomic E-state index is 13.3. The van der Waals surface area contributed by atoms with Crippen LogP contribution in [0, 0.1) is 17.8 Å². The van der Waals surface area contributed by atoms with E-state index in [-0.39, 0.29) is 22.9 Å². The summed E-state index contributed by atoms with van der Waals surface area (Å²) in [7, 11) is 0. The molecule has 3 aromatic heterocycles. The minimum atomic E-state index is -0.619. The van der Waals surface area contributed by atoms with Crippen molar-refractivity contribution in [2.45, 2.75) is 27.2 Å². The van der Waals surface area contributed by atoms with Crippen LogP contribution in [-0.4, -0.2) is 25.1 Å². The van der Waals surface area contributed by atoms with Gasteiger partial charge in [0.25, 0.3) is 11.5 Å². The number of nitrogens with zero attached hydrogens (tertiary/aromatic N) is 4. The number of nitrogen functional groups attached to an aromatic ring is 1. The number of carbonyl (C=O) groups is 1. The summed E-state index contributed by atoms with van der Waals surface area (Å²) in [4.78, 5) is 28.2. The number of anilines is 1. The summed E-state index contributed by atoms with van der Waals surface area (Å²) >= 11 is 0. The zero-order chi connectivity index (χ0) is 26.5. The van der Waals surface area contributed by atoms with Gasteiger partial charge in [-0.25, -0.2) is 9.50 Å². The molecule has 0 aliphatic carbocycles. The summed E-state index contributed by atoms with van der Waals surface area (Å²) in [5.74, 6) is 6.11. The van der Waals surface area contributed by atoms with Crippen LogP contribution in [0.25, 0.3) is 22.1 Å². The Morgan fingerprint density at radius 1 is 1.08 bits per heavy atom. The molecule has 1 amide bonds. The smallest absolute Gasteiger partial charge is 0.264 e. The molecule has 0 bridgehead atoms. The Hall–Kier alpha value is -4.90. The van der Waals surface area contributed by atoms with E-state index in [1.54, 1.807) is 18.5 Å². The van der Waals surface area contributed by atoms with E-state index in [1.165, 1.54) is 4.52 Å². The fourth-order valence-electron chi connectivity index (χ4n) is 4.00. The average Bonchev–Trinajstić information content (AvgIpc) is 3.23. The van der Waals surface area contributed by atoms with Crippen LogP contribution in [0.5, 0.6) is 0 Å². The van der Waals surface area contributed by atoms with Crippen molar-refractivity contribution in [1.82, 2.24) is 19.2 Å². The molecule has 5 aromatic rings. The summed E-state index contributed by atoms with van der Waals surface area (Å²) in [6, 6.07) is 19.5. The molecule has 0 fully saturated rings. The van der Waals surface area contributed by atoms with E-state index in [0.29, 0.717) is 11.0 Å². The fourth-order valence-corrected chi connectivity index (χ4v) is 4.00. The van der Waals surface area contributed by atoms with Gasteiger partial charge >= 0.3 is 0 Å². The van der Waals surface area contributed by atoms with Crippen LogP contribution >= 0.6 is 0 Å². The van der Waals surface area contributed by atoms with Gasteiger partial charge in [-0.05, 0) is 42.1 Å². The number of para-hydroxylation sites is 1. The van der Waals surface area contributed by atoms with Gasteiger partial charge in [-0.15, -0.1) is 5.10 Å². The van der Waals surface area contributed by atoms with E-state index in [2.05, 4.69) is 48.8 Å². The van der Waals surface area contributed by atoms with E-state index < -0.39 is 5.91 Å². The normalized spacial score (nSPS) is 10.6. The van der Waals surface area contributed by atoms with E-state index >= 15 is 0 Å². The predicted octanol–water partition coefficient (Wildman–Crippen LogP) is 3.97. The summed E-state index contributed by atoms with van der Waals surface area (Å²) < 4.78 is 3.22. The van der Waals surface area contributed by atoms with Gasteiger partial charge in [0.1, 0.15) is 5.56 Å². The lowest BCUT2D eigenvalue weighted by atomic mass is 10.0. The fraction of sp³-hybridized carbons (Fsp3) is 0.172. The Labute approximate surface area is 214 Å².